The molecule has 19 heavy (non-hydrogen) atoms. The number of thiazole rings is 1. The van der Waals surface area contributed by atoms with Crippen molar-refractivity contribution in [2.45, 2.75) is 25.0 Å². The molecule has 0 fully saturated rings. The number of rotatable bonds is 7. The zero-order valence-corrected chi connectivity index (χ0v) is 10.2. The van der Waals surface area contributed by atoms with Crippen molar-refractivity contribution in [2.75, 3.05) is 6.61 Å². The summed E-state index contributed by atoms with van der Waals surface area (Å²) in [5.41, 5.74) is 5.33. The highest BCUT2D eigenvalue weighted by Gasteiger charge is 2.41. The van der Waals surface area contributed by atoms with Gasteiger partial charge in [-0.3, -0.25) is 4.79 Å². The molecule has 1 rings (SSSR count). The Morgan fingerprint density at radius 2 is 2.21 bits per heavy atom. The van der Waals surface area contributed by atoms with E-state index >= 15 is 0 Å². The van der Waals surface area contributed by atoms with Gasteiger partial charge in [-0.15, -0.1) is 11.3 Å². The van der Waals surface area contributed by atoms with Gasteiger partial charge in [-0.2, -0.15) is 8.78 Å². The van der Waals surface area contributed by atoms with Crippen molar-refractivity contribution in [1.82, 2.24) is 4.98 Å². The van der Waals surface area contributed by atoms with Gasteiger partial charge in [0.05, 0.1) is 12.3 Å². The number of carboxylic acids is 1. The molecule has 0 aliphatic rings. The summed E-state index contributed by atoms with van der Waals surface area (Å²) >= 11 is 0.942. The number of nitrogens with zero attached hydrogens (tertiary/aromatic N) is 1. The lowest BCUT2D eigenvalue weighted by molar-refractivity contribution is -0.168. The van der Waals surface area contributed by atoms with E-state index in [4.69, 9.17) is 10.8 Å². The van der Waals surface area contributed by atoms with E-state index in [0.717, 1.165) is 11.3 Å². The summed E-state index contributed by atoms with van der Waals surface area (Å²) < 4.78 is 53.1. The summed E-state index contributed by atoms with van der Waals surface area (Å²) in [4.78, 5) is 14.3. The molecule has 0 bridgehead atoms. The van der Waals surface area contributed by atoms with E-state index in [2.05, 4.69) is 9.72 Å². The number of halogens is 4. The average Bonchev–Trinajstić information content (AvgIpc) is 2.76. The summed E-state index contributed by atoms with van der Waals surface area (Å²) in [7, 11) is 0. The number of hydrogen-bond acceptors (Lipinski definition) is 5. The second kappa shape index (κ2) is 6.26. The van der Waals surface area contributed by atoms with Crippen molar-refractivity contribution in [3.8, 4) is 0 Å². The van der Waals surface area contributed by atoms with Crippen molar-refractivity contribution in [2.24, 2.45) is 5.73 Å². The van der Waals surface area contributed by atoms with Gasteiger partial charge in [-0.25, -0.2) is 13.8 Å². The van der Waals surface area contributed by atoms with Crippen LogP contribution in [0, 0.1) is 0 Å². The van der Waals surface area contributed by atoms with Crippen LogP contribution >= 0.6 is 11.3 Å². The molecule has 10 heteroatoms. The van der Waals surface area contributed by atoms with Crippen molar-refractivity contribution < 1.29 is 32.2 Å². The summed E-state index contributed by atoms with van der Waals surface area (Å²) in [6, 6.07) is -1.33. The van der Waals surface area contributed by atoms with Crippen LogP contribution in [0.3, 0.4) is 0 Å². The maximum atomic E-state index is 12.5. The first-order valence-corrected chi connectivity index (χ1v) is 5.78. The van der Waals surface area contributed by atoms with Gasteiger partial charge >= 0.3 is 18.3 Å². The van der Waals surface area contributed by atoms with E-state index in [0.29, 0.717) is 0 Å². The van der Waals surface area contributed by atoms with E-state index in [-0.39, 0.29) is 10.7 Å². The fourth-order valence-corrected chi connectivity index (χ4v) is 1.76. The van der Waals surface area contributed by atoms with Crippen LogP contribution < -0.4 is 5.73 Å². The Morgan fingerprint density at radius 1 is 1.58 bits per heavy atom. The molecule has 0 saturated carbocycles. The fraction of sp³-hybridized carbons (Fsp3) is 0.556. The summed E-state index contributed by atoms with van der Waals surface area (Å²) in [6.45, 7) is -1.86. The Bertz CT molecular complexity index is 441. The molecule has 0 radical (unpaired) electrons. The minimum Gasteiger partial charge on any atom is -0.480 e. The molecule has 0 amide bonds. The monoisotopic (exact) mass is 302 g/mol. The third-order valence-corrected chi connectivity index (χ3v) is 2.83. The van der Waals surface area contributed by atoms with Crippen molar-refractivity contribution in [3.63, 3.8) is 0 Å². The molecule has 108 valence electrons. The van der Waals surface area contributed by atoms with Gasteiger partial charge in [-0.05, 0) is 0 Å². The predicted octanol–water partition coefficient (Wildman–Crippen LogP) is 1.64. The zero-order valence-electron chi connectivity index (χ0n) is 9.35. The van der Waals surface area contributed by atoms with Gasteiger partial charge in [0.1, 0.15) is 17.7 Å². The first-order chi connectivity index (χ1) is 8.74. The molecule has 5 nitrogen and oxygen atoms in total. The van der Waals surface area contributed by atoms with Crippen LogP contribution in [0.4, 0.5) is 17.6 Å². The number of aromatic nitrogens is 1. The van der Waals surface area contributed by atoms with Crippen molar-refractivity contribution in [1.29, 1.82) is 0 Å². The van der Waals surface area contributed by atoms with Crippen LogP contribution in [0.25, 0.3) is 0 Å². The minimum atomic E-state index is -4.22. The normalized spacial score (nSPS) is 13.8. The van der Waals surface area contributed by atoms with Gasteiger partial charge in [0.25, 0.3) is 0 Å². The quantitative estimate of drug-likeness (QED) is 0.748. The standard InChI is InChI=1S/C9H10F4N2O3S/c10-8(11)9(12,13)3-18-1-5-15-4(2-19-5)6(14)7(16)17/h2,6,8H,1,3,14H2,(H,16,17). The molecular formula is C9H10F4N2O3S. The molecule has 0 aromatic carbocycles. The molecule has 1 unspecified atom stereocenters. The van der Waals surface area contributed by atoms with Crippen LogP contribution in [0.2, 0.25) is 0 Å². The molecule has 1 aromatic heterocycles. The lowest BCUT2D eigenvalue weighted by Crippen LogP contribution is -2.32. The van der Waals surface area contributed by atoms with Gasteiger partial charge in [0.2, 0.25) is 0 Å². The van der Waals surface area contributed by atoms with Crippen LogP contribution in [0.5, 0.6) is 0 Å². The summed E-state index contributed by atoms with van der Waals surface area (Å²) in [6.07, 6.45) is -3.81. The molecule has 1 atom stereocenters. The second-order valence-corrected chi connectivity index (χ2v) is 4.48. The van der Waals surface area contributed by atoms with Crippen LogP contribution in [0.1, 0.15) is 16.7 Å². The molecule has 1 heterocycles. The molecular weight excluding hydrogens is 292 g/mol. The van der Waals surface area contributed by atoms with Gasteiger partial charge in [0.15, 0.2) is 0 Å². The number of aliphatic carboxylic acids is 1. The Hall–Kier alpha value is -1.26. The second-order valence-electron chi connectivity index (χ2n) is 3.54. The smallest absolute Gasteiger partial charge is 0.330 e. The molecule has 3 N–H and O–H groups in total. The van der Waals surface area contributed by atoms with E-state index in [9.17, 15) is 22.4 Å². The van der Waals surface area contributed by atoms with E-state index < -0.39 is 37.6 Å². The first-order valence-electron chi connectivity index (χ1n) is 4.90. The first kappa shape index (κ1) is 15.8. The lowest BCUT2D eigenvalue weighted by Gasteiger charge is -2.14. The van der Waals surface area contributed by atoms with Gasteiger partial charge in [0, 0.05) is 5.38 Å². The zero-order chi connectivity index (χ0) is 14.6. The fourth-order valence-electron chi connectivity index (χ4n) is 0.998. The largest absolute Gasteiger partial charge is 0.480 e. The molecule has 0 spiro atoms. The molecule has 0 saturated heterocycles. The average molecular weight is 302 g/mol. The number of hydrogen-bond donors (Lipinski definition) is 2. The van der Waals surface area contributed by atoms with Crippen LogP contribution in [-0.4, -0.2) is 35.0 Å². The topological polar surface area (TPSA) is 85.4 Å². The highest BCUT2D eigenvalue weighted by molar-refractivity contribution is 7.09. The lowest BCUT2D eigenvalue weighted by atomic mass is 10.2. The Balaban J connectivity index is 2.49. The SMILES string of the molecule is NC(C(=O)O)c1csc(COCC(F)(F)C(F)F)n1. The predicted molar refractivity (Wildman–Crippen MR) is 57.3 cm³/mol. The van der Waals surface area contributed by atoms with Crippen LogP contribution in [0.15, 0.2) is 5.38 Å². The van der Waals surface area contributed by atoms with Crippen molar-refractivity contribution >= 4 is 17.3 Å². The maximum Gasteiger partial charge on any atom is 0.330 e. The highest BCUT2D eigenvalue weighted by Crippen LogP contribution is 2.24. The number of ether oxygens (including phenoxy) is 1. The van der Waals surface area contributed by atoms with Gasteiger partial charge in [-0.1, -0.05) is 0 Å². The molecule has 0 aliphatic carbocycles. The minimum absolute atomic E-state index is 0.0525. The number of carbonyl (C=O) groups is 1. The van der Waals surface area contributed by atoms with Crippen molar-refractivity contribution in [3.05, 3.63) is 16.1 Å². The number of carboxylic acid groups (broad SMARTS) is 1. The summed E-state index contributed by atoms with van der Waals surface area (Å²) in [5, 5.41) is 10.1. The van der Waals surface area contributed by atoms with Gasteiger partial charge < -0.3 is 15.6 Å². The Labute approximate surface area is 109 Å². The molecule has 1 aromatic rings. The van der Waals surface area contributed by atoms with Crippen LogP contribution in [-0.2, 0) is 16.1 Å². The highest BCUT2D eigenvalue weighted by atomic mass is 32.1. The van der Waals surface area contributed by atoms with E-state index in [1.807, 2.05) is 0 Å². The molecule has 0 aliphatic heterocycles. The Morgan fingerprint density at radius 3 is 2.74 bits per heavy atom. The third-order valence-electron chi connectivity index (χ3n) is 1.99. The Kier molecular flexibility index (Phi) is 5.20. The van der Waals surface area contributed by atoms with E-state index in [1.165, 1.54) is 5.38 Å². The van der Waals surface area contributed by atoms with E-state index in [1.54, 1.807) is 0 Å². The summed E-state index contributed by atoms with van der Waals surface area (Å²) in [5.74, 6) is -5.51. The number of alkyl halides is 4. The maximum absolute atomic E-state index is 12.5. The number of nitrogens with two attached hydrogens (primary N) is 1. The third kappa shape index (κ3) is 4.40.